The first-order chi connectivity index (χ1) is 17.3. The fourth-order valence-corrected chi connectivity index (χ4v) is 4.61. The quantitative estimate of drug-likeness (QED) is 0.241. The highest BCUT2D eigenvalue weighted by atomic mass is 32.2. The number of hydrazone groups is 1. The summed E-state index contributed by atoms with van der Waals surface area (Å²) in [4.78, 5) is 24.0. The third-order valence-corrected chi connectivity index (χ3v) is 6.88. The Kier molecular flexibility index (Phi) is 9.18. The van der Waals surface area contributed by atoms with Crippen molar-refractivity contribution in [2.24, 2.45) is 5.10 Å². The van der Waals surface area contributed by atoms with Crippen molar-refractivity contribution in [3.63, 3.8) is 0 Å². The number of hydrogen-bond donors (Lipinski definition) is 1. The van der Waals surface area contributed by atoms with Crippen LogP contribution in [0.1, 0.15) is 18.1 Å². The van der Waals surface area contributed by atoms with E-state index in [1.807, 2.05) is 19.1 Å². The summed E-state index contributed by atoms with van der Waals surface area (Å²) in [6.07, 6.45) is 2.19. The Morgan fingerprint density at radius 1 is 1.00 bits per heavy atom. The lowest BCUT2D eigenvalue weighted by atomic mass is 10.1. The van der Waals surface area contributed by atoms with E-state index in [1.165, 1.54) is 25.5 Å². The minimum atomic E-state index is -4.00. The molecular formula is C26H27N3O6S. The van der Waals surface area contributed by atoms with Crippen LogP contribution in [0.4, 0.5) is 5.69 Å². The van der Waals surface area contributed by atoms with E-state index in [9.17, 15) is 18.0 Å². The predicted octanol–water partition coefficient (Wildman–Crippen LogP) is 3.15. The summed E-state index contributed by atoms with van der Waals surface area (Å²) in [5.41, 5.74) is 4.37. The minimum absolute atomic E-state index is 0.0737. The largest absolute Gasteiger partial charge is 0.482 e. The average molecular weight is 510 g/mol. The second kappa shape index (κ2) is 12.5. The molecule has 1 N–H and O–H groups in total. The van der Waals surface area contributed by atoms with Crippen molar-refractivity contribution in [3.05, 3.63) is 90.0 Å². The molecule has 9 nitrogen and oxygen atoms in total. The van der Waals surface area contributed by atoms with Crippen molar-refractivity contribution in [2.45, 2.75) is 18.2 Å². The molecule has 10 heteroatoms. The Hall–Kier alpha value is -4.18. The number of amides is 1. The van der Waals surface area contributed by atoms with Gasteiger partial charge in [0.25, 0.3) is 15.9 Å². The van der Waals surface area contributed by atoms with Crippen LogP contribution in [0.5, 0.6) is 5.75 Å². The van der Waals surface area contributed by atoms with Crippen LogP contribution in [0, 0.1) is 0 Å². The molecule has 0 spiro atoms. The van der Waals surface area contributed by atoms with E-state index in [0.717, 1.165) is 16.3 Å². The van der Waals surface area contributed by atoms with E-state index < -0.39 is 28.4 Å². The first-order valence-electron chi connectivity index (χ1n) is 11.1. The zero-order valence-electron chi connectivity index (χ0n) is 20.0. The zero-order valence-corrected chi connectivity index (χ0v) is 20.8. The first-order valence-corrected chi connectivity index (χ1v) is 12.6. The number of carbonyl (C=O) groups excluding carboxylic acids is 2. The summed E-state index contributed by atoms with van der Waals surface area (Å²) in [6, 6.07) is 21.6. The molecule has 0 saturated carbocycles. The standard InChI is InChI=1S/C26H27N3O6S/c1-3-20-12-14-22(15-13-20)29(36(32,33)24-10-5-4-6-11-24)18-25(30)28-27-17-21-8-7-9-23(16-21)35-19-26(31)34-2/h4-17H,3,18-19H2,1-2H3,(H,28,30)/b27-17-. The van der Waals surface area contributed by atoms with Gasteiger partial charge < -0.3 is 9.47 Å². The van der Waals surface area contributed by atoms with E-state index in [4.69, 9.17) is 4.74 Å². The molecule has 3 aromatic rings. The van der Waals surface area contributed by atoms with E-state index in [0.29, 0.717) is 17.0 Å². The summed E-state index contributed by atoms with van der Waals surface area (Å²) in [7, 11) is -2.73. The summed E-state index contributed by atoms with van der Waals surface area (Å²) < 4.78 is 37.6. The zero-order chi connectivity index (χ0) is 26.0. The third-order valence-electron chi connectivity index (χ3n) is 5.10. The number of methoxy groups -OCH3 is 1. The molecule has 0 saturated heterocycles. The lowest BCUT2D eigenvalue weighted by Gasteiger charge is -2.24. The van der Waals surface area contributed by atoms with Crippen LogP contribution >= 0.6 is 0 Å². The van der Waals surface area contributed by atoms with Gasteiger partial charge in [-0.1, -0.05) is 49.4 Å². The highest BCUT2D eigenvalue weighted by Crippen LogP contribution is 2.24. The number of sulfonamides is 1. The molecule has 0 aliphatic heterocycles. The maximum atomic E-state index is 13.3. The lowest BCUT2D eigenvalue weighted by molar-refractivity contribution is -0.142. The maximum absolute atomic E-state index is 13.3. The molecule has 0 heterocycles. The average Bonchev–Trinajstić information content (AvgIpc) is 2.91. The van der Waals surface area contributed by atoms with Crippen LogP contribution in [0.2, 0.25) is 0 Å². The molecule has 0 bridgehead atoms. The summed E-state index contributed by atoms with van der Waals surface area (Å²) in [5, 5.41) is 3.93. The summed E-state index contributed by atoms with van der Waals surface area (Å²) >= 11 is 0. The van der Waals surface area contributed by atoms with Gasteiger partial charge in [0.05, 0.1) is 23.9 Å². The highest BCUT2D eigenvalue weighted by Gasteiger charge is 2.27. The molecule has 0 fully saturated rings. The number of aryl methyl sites for hydroxylation is 1. The molecule has 0 unspecified atom stereocenters. The van der Waals surface area contributed by atoms with Gasteiger partial charge in [0.1, 0.15) is 12.3 Å². The normalized spacial score (nSPS) is 11.2. The summed E-state index contributed by atoms with van der Waals surface area (Å²) in [6.45, 7) is 1.29. The van der Waals surface area contributed by atoms with Crippen molar-refractivity contribution in [1.29, 1.82) is 0 Å². The number of hydrogen-bond acceptors (Lipinski definition) is 7. The lowest BCUT2D eigenvalue weighted by Crippen LogP contribution is -2.39. The molecule has 0 aromatic heterocycles. The molecule has 1 amide bonds. The van der Waals surface area contributed by atoms with E-state index >= 15 is 0 Å². The van der Waals surface area contributed by atoms with Crippen LogP contribution in [-0.2, 0) is 30.8 Å². The number of nitrogens with one attached hydrogen (secondary N) is 1. The number of ether oxygens (including phenoxy) is 2. The monoisotopic (exact) mass is 509 g/mol. The van der Waals surface area contributed by atoms with E-state index in [2.05, 4.69) is 15.3 Å². The van der Waals surface area contributed by atoms with Gasteiger partial charge in [-0.05, 0) is 53.9 Å². The van der Waals surface area contributed by atoms with Gasteiger partial charge in [0.15, 0.2) is 6.61 Å². The summed E-state index contributed by atoms with van der Waals surface area (Å²) in [5.74, 6) is -0.713. The van der Waals surface area contributed by atoms with Crippen molar-refractivity contribution < 1.29 is 27.5 Å². The van der Waals surface area contributed by atoms with Gasteiger partial charge in [0.2, 0.25) is 0 Å². The van der Waals surface area contributed by atoms with Gasteiger partial charge in [-0.15, -0.1) is 0 Å². The Labute approximate surface area is 210 Å². The number of carbonyl (C=O) groups is 2. The molecule has 0 atom stereocenters. The van der Waals surface area contributed by atoms with Gasteiger partial charge in [0, 0.05) is 0 Å². The van der Waals surface area contributed by atoms with Crippen molar-refractivity contribution in [2.75, 3.05) is 24.6 Å². The Bertz CT molecular complexity index is 1310. The van der Waals surface area contributed by atoms with Crippen molar-refractivity contribution in [3.8, 4) is 5.75 Å². The third kappa shape index (κ3) is 7.16. The molecule has 188 valence electrons. The van der Waals surface area contributed by atoms with Crippen LogP contribution in [0.15, 0.2) is 88.9 Å². The van der Waals surface area contributed by atoms with Crippen LogP contribution < -0.4 is 14.5 Å². The van der Waals surface area contributed by atoms with Gasteiger partial charge in [-0.3, -0.25) is 9.10 Å². The molecule has 0 aliphatic carbocycles. The Morgan fingerprint density at radius 2 is 1.72 bits per heavy atom. The Morgan fingerprint density at radius 3 is 2.39 bits per heavy atom. The molecule has 36 heavy (non-hydrogen) atoms. The Balaban J connectivity index is 1.73. The fraction of sp³-hybridized carbons (Fsp3) is 0.192. The molecule has 3 aromatic carbocycles. The smallest absolute Gasteiger partial charge is 0.343 e. The SMILES string of the molecule is CCc1ccc(N(CC(=O)N/N=C\c2cccc(OCC(=O)OC)c2)S(=O)(=O)c2ccccc2)cc1. The number of rotatable bonds is 11. The predicted molar refractivity (Wildman–Crippen MR) is 136 cm³/mol. The second-order valence-electron chi connectivity index (χ2n) is 7.58. The van der Waals surface area contributed by atoms with Crippen molar-refractivity contribution in [1.82, 2.24) is 5.43 Å². The number of anilines is 1. The number of esters is 1. The molecule has 0 radical (unpaired) electrons. The number of nitrogens with zero attached hydrogens (tertiary/aromatic N) is 2. The van der Waals surface area contributed by atoms with E-state index in [1.54, 1.807) is 54.6 Å². The van der Waals surface area contributed by atoms with E-state index in [-0.39, 0.29) is 11.5 Å². The van der Waals surface area contributed by atoms with Crippen LogP contribution in [0.25, 0.3) is 0 Å². The van der Waals surface area contributed by atoms with Gasteiger partial charge in [-0.2, -0.15) is 5.10 Å². The highest BCUT2D eigenvalue weighted by molar-refractivity contribution is 7.92. The second-order valence-corrected chi connectivity index (χ2v) is 9.44. The van der Waals surface area contributed by atoms with Crippen molar-refractivity contribution >= 4 is 33.8 Å². The topological polar surface area (TPSA) is 114 Å². The molecule has 3 rings (SSSR count). The van der Waals surface area contributed by atoms with Crippen LogP contribution in [-0.4, -0.2) is 46.8 Å². The minimum Gasteiger partial charge on any atom is -0.482 e. The number of benzene rings is 3. The fourth-order valence-electron chi connectivity index (χ4n) is 3.16. The van der Waals surface area contributed by atoms with Gasteiger partial charge in [-0.25, -0.2) is 18.6 Å². The molecular weight excluding hydrogens is 482 g/mol. The van der Waals surface area contributed by atoms with Crippen LogP contribution in [0.3, 0.4) is 0 Å². The molecule has 0 aliphatic rings. The maximum Gasteiger partial charge on any atom is 0.343 e. The van der Waals surface area contributed by atoms with Gasteiger partial charge >= 0.3 is 5.97 Å². The first kappa shape index (κ1) is 26.4.